The van der Waals surface area contributed by atoms with Crippen molar-refractivity contribution in [2.45, 2.75) is 13.8 Å². The van der Waals surface area contributed by atoms with Crippen molar-refractivity contribution in [1.82, 2.24) is 4.90 Å². The van der Waals surface area contributed by atoms with E-state index in [2.05, 4.69) is 10.2 Å². The molecule has 6 heteroatoms. The number of piperazine rings is 1. The maximum Gasteiger partial charge on any atom is 0.322 e. The molecule has 1 saturated heterocycles. The Bertz CT molecular complexity index is 812. The molecule has 0 atom stereocenters. The van der Waals surface area contributed by atoms with Gasteiger partial charge in [0, 0.05) is 37.4 Å². The minimum absolute atomic E-state index is 0.0430. The lowest BCUT2D eigenvalue weighted by Crippen LogP contribution is -2.50. The number of aryl methyl sites for hydroxylation is 1. The van der Waals surface area contributed by atoms with Gasteiger partial charge in [0.2, 0.25) is 0 Å². The predicted molar refractivity (Wildman–Crippen MR) is 100 cm³/mol. The first-order valence-corrected chi connectivity index (χ1v) is 8.62. The minimum Gasteiger partial charge on any atom is -0.368 e. The first-order chi connectivity index (χ1) is 12.4. The topological polar surface area (TPSA) is 52.7 Å². The number of amides is 2. The zero-order valence-electron chi connectivity index (χ0n) is 15.0. The summed E-state index contributed by atoms with van der Waals surface area (Å²) >= 11 is 0. The Morgan fingerprint density at radius 2 is 1.65 bits per heavy atom. The van der Waals surface area contributed by atoms with Crippen molar-refractivity contribution < 1.29 is 14.0 Å². The highest BCUT2D eigenvalue weighted by Gasteiger charge is 2.22. The van der Waals surface area contributed by atoms with E-state index in [-0.39, 0.29) is 17.5 Å². The SMILES string of the molecule is CC(=O)c1ccc(N2CCN(C(=O)Nc3cc(C)ccc3F)CC2)cc1. The van der Waals surface area contributed by atoms with Crippen molar-refractivity contribution in [3.8, 4) is 0 Å². The largest absolute Gasteiger partial charge is 0.368 e. The van der Waals surface area contributed by atoms with E-state index >= 15 is 0 Å². The summed E-state index contributed by atoms with van der Waals surface area (Å²) in [5.74, 6) is -0.394. The molecule has 2 amide bonds. The van der Waals surface area contributed by atoms with Gasteiger partial charge in [0.15, 0.2) is 5.78 Å². The van der Waals surface area contributed by atoms with Crippen molar-refractivity contribution >= 4 is 23.2 Å². The number of carbonyl (C=O) groups is 2. The number of halogens is 1. The molecule has 5 nitrogen and oxygen atoms in total. The summed E-state index contributed by atoms with van der Waals surface area (Å²) in [4.78, 5) is 27.6. The lowest BCUT2D eigenvalue weighted by Gasteiger charge is -2.36. The molecule has 2 aromatic rings. The van der Waals surface area contributed by atoms with Crippen LogP contribution in [0.1, 0.15) is 22.8 Å². The van der Waals surface area contributed by atoms with Crippen LogP contribution in [0.15, 0.2) is 42.5 Å². The third kappa shape index (κ3) is 4.02. The van der Waals surface area contributed by atoms with Gasteiger partial charge in [0.05, 0.1) is 5.69 Å². The van der Waals surface area contributed by atoms with Gasteiger partial charge in [0.1, 0.15) is 5.82 Å². The van der Waals surface area contributed by atoms with Gasteiger partial charge in [-0.25, -0.2) is 9.18 Å². The molecule has 1 heterocycles. The monoisotopic (exact) mass is 355 g/mol. The second-order valence-electron chi connectivity index (χ2n) is 6.49. The van der Waals surface area contributed by atoms with Crippen LogP contribution >= 0.6 is 0 Å². The summed E-state index contributed by atoms with van der Waals surface area (Å²) < 4.78 is 13.8. The molecule has 1 aliphatic rings. The molecular weight excluding hydrogens is 333 g/mol. The summed E-state index contributed by atoms with van der Waals surface area (Å²) in [5.41, 5.74) is 2.81. The predicted octanol–water partition coefficient (Wildman–Crippen LogP) is 3.69. The number of benzene rings is 2. The molecule has 1 fully saturated rings. The van der Waals surface area contributed by atoms with Gasteiger partial charge in [-0.1, -0.05) is 6.07 Å². The number of rotatable bonds is 3. The quantitative estimate of drug-likeness (QED) is 0.855. The third-order valence-corrected chi connectivity index (χ3v) is 4.57. The average Bonchev–Trinajstić information content (AvgIpc) is 2.65. The fraction of sp³-hybridized carbons (Fsp3) is 0.300. The van der Waals surface area contributed by atoms with Crippen LogP contribution in [0.25, 0.3) is 0 Å². The van der Waals surface area contributed by atoms with Crippen LogP contribution in [-0.4, -0.2) is 42.9 Å². The molecule has 1 aliphatic heterocycles. The molecular formula is C20H22FN3O2. The van der Waals surface area contributed by atoms with Gasteiger partial charge in [-0.15, -0.1) is 0 Å². The van der Waals surface area contributed by atoms with Crippen LogP contribution in [0.3, 0.4) is 0 Å². The first kappa shape index (κ1) is 17.9. The fourth-order valence-corrected chi connectivity index (χ4v) is 3.00. The number of ketones is 1. The standard InChI is InChI=1S/C20H22FN3O2/c1-14-3-8-18(21)19(13-14)22-20(26)24-11-9-23(10-12-24)17-6-4-16(5-7-17)15(2)25/h3-8,13H,9-12H2,1-2H3,(H,22,26). The highest BCUT2D eigenvalue weighted by atomic mass is 19.1. The molecule has 0 saturated carbocycles. The highest BCUT2D eigenvalue weighted by Crippen LogP contribution is 2.19. The molecule has 3 rings (SSSR count). The molecule has 0 aliphatic carbocycles. The average molecular weight is 355 g/mol. The van der Waals surface area contributed by atoms with Crippen LogP contribution in [-0.2, 0) is 0 Å². The van der Waals surface area contributed by atoms with E-state index in [4.69, 9.17) is 0 Å². The smallest absolute Gasteiger partial charge is 0.322 e. The summed E-state index contributed by atoms with van der Waals surface area (Å²) in [6, 6.07) is 11.8. The summed E-state index contributed by atoms with van der Waals surface area (Å²) in [6.07, 6.45) is 0. The molecule has 0 bridgehead atoms. The van der Waals surface area contributed by atoms with E-state index in [1.54, 1.807) is 24.0 Å². The third-order valence-electron chi connectivity index (χ3n) is 4.57. The normalized spacial score (nSPS) is 14.3. The lowest BCUT2D eigenvalue weighted by atomic mass is 10.1. The Labute approximate surface area is 152 Å². The van der Waals surface area contributed by atoms with Crippen LogP contribution in [0.2, 0.25) is 0 Å². The van der Waals surface area contributed by atoms with Gasteiger partial charge in [-0.05, 0) is 55.8 Å². The molecule has 0 aromatic heterocycles. The van der Waals surface area contributed by atoms with E-state index < -0.39 is 5.82 Å². The Hall–Kier alpha value is -2.89. The van der Waals surface area contributed by atoms with Crippen LogP contribution in [0.4, 0.5) is 20.6 Å². The Kier molecular flexibility index (Phi) is 5.21. The molecule has 136 valence electrons. The first-order valence-electron chi connectivity index (χ1n) is 8.62. The Morgan fingerprint density at radius 3 is 2.27 bits per heavy atom. The second kappa shape index (κ2) is 7.56. The van der Waals surface area contributed by atoms with Crippen molar-refractivity contribution in [3.63, 3.8) is 0 Å². The highest BCUT2D eigenvalue weighted by molar-refractivity contribution is 5.94. The van der Waals surface area contributed by atoms with Crippen LogP contribution < -0.4 is 10.2 Å². The zero-order valence-corrected chi connectivity index (χ0v) is 15.0. The van der Waals surface area contributed by atoms with Gasteiger partial charge >= 0.3 is 6.03 Å². The van der Waals surface area contributed by atoms with E-state index in [0.717, 1.165) is 11.3 Å². The zero-order chi connectivity index (χ0) is 18.7. The second-order valence-corrected chi connectivity index (χ2v) is 6.49. The van der Waals surface area contributed by atoms with Crippen molar-refractivity contribution in [1.29, 1.82) is 0 Å². The lowest BCUT2D eigenvalue weighted by molar-refractivity contribution is 0.101. The number of hydrogen-bond donors (Lipinski definition) is 1. The van der Waals surface area contributed by atoms with Crippen molar-refractivity contribution in [2.75, 3.05) is 36.4 Å². The van der Waals surface area contributed by atoms with Gasteiger partial charge in [-0.3, -0.25) is 4.79 Å². The van der Waals surface area contributed by atoms with Gasteiger partial charge < -0.3 is 15.1 Å². The number of nitrogens with one attached hydrogen (secondary N) is 1. The molecule has 0 unspecified atom stereocenters. The Balaban J connectivity index is 1.58. The van der Waals surface area contributed by atoms with Gasteiger partial charge in [-0.2, -0.15) is 0 Å². The van der Waals surface area contributed by atoms with Crippen molar-refractivity contribution in [2.24, 2.45) is 0 Å². The summed E-state index contributed by atoms with van der Waals surface area (Å²) in [6.45, 7) is 5.86. The minimum atomic E-state index is -0.437. The van der Waals surface area contributed by atoms with Crippen molar-refractivity contribution in [3.05, 3.63) is 59.4 Å². The number of carbonyl (C=O) groups excluding carboxylic acids is 2. The number of Topliss-reactive ketones (excluding diaryl/α,β-unsaturated/α-hetero) is 1. The van der Waals surface area contributed by atoms with Crippen LogP contribution in [0.5, 0.6) is 0 Å². The molecule has 1 N–H and O–H groups in total. The van der Waals surface area contributed by atoms with E-state index in [1.165, 1.54) is 6.07 Å². The summed E-state index contributed by atoms with van der Waals surface area (Å²) in [5, 5.41) is 2.65. The Morgan fingerprint density at radius 1 is 1.00 bits per heavy atom. The molecule has 26 heavy (non-hydrogen) atoms. The van der Waals surface area contributed by atoms with E-state index in [0.29, 0.717) is 31.7 Å². The molecule has 0 spiro atoms. The number of anilines is 2. The molecule has 2 aromatic carbocycles. The number of nitrogens with zero attached hydrogens (tertiary/aromatic N) is 2. The van der Waals surface area contributed by atoms with Crippen LogP contribution in [0, 0.1) is 12.7 Å². The van der Waals surface area contributed by atoms with E-state index in [1.807, 2.05) is 31.2 Å². The number of urea groups is 1. The maximum atomic E-state index is 13.8. The maximum absolute atomic E-state index is 13.8. The summed E-state index contributed by atoms with van der Waals surface area (Å²) in [7, 11) is 0. The number of hydrogen-bond acceptors (Lipinski definition) is 3. The molecule has 0 radical (unpaired) electrons. The van der Waals surface area contributed by atoms with Gasteiger partial charge in [0.25, 0.3) is 0 Å². The van der Waals surface area contributed by atoms with E-state index in [9.17, 15) is 14.0 Å². The fourth-order valence-electron chi connectivity index (χ4n) is 3.00.